The lowest BCUT2D eigenvalue weighted by molar-refractivity contribution is 0.603. The number of benzene rings is 3. The zero-order chi connectivity index (χ0) is 20.5. The molecule has 29 heavy (non-hydrogen) atoms. The minimum absolute atomic E-state index is 0.114. The number of hydrogen-bond acceptors (Lipinski definition) is 0. The van der Waals surface area contributed by atoms with Gasteiger partial charge in [0.15, 0.2) is 0 Å². The fourth-order valence-electron chi connectivity index (χ4n) is 3.21. The molecule has 0 heterocycles. The van der Waals surface area contributed by atoms with Crippen molar-refractivity contribution in [3.05, 3.63) is 107 Å². The summed E-state index contributed by atoms with van der Waals surface area (Å²) in [5.41, 5.74) is 5.95. The van der Waals surface area contributed by atoms with Crippen LogP contribution in [0, 0.1) is 17.7 Å². The Balaban J connectivity index is 1.68. The maximum absolute atomic E-state index is 14.3. The summed E-state index contributed by atoms with van der Waals surface area (Å²) in [6, 6.07) is 21.9. The van der Waals surface area contributed by atoms with Crippen molar-refractivity contribution in [1.29, 1.82) is 0 Å². The Morgan fingerprint density at radius 3 is 2.03 bits per heavy atom. The van der Waals surface area contributed by atoms with Gasteiger partial charge in [0.05, 0.1) is 0 Å². The number of aryl methyl sites for hydroxylation is 2. The van der Waals surface area contributed by atoms with Crippen molar-refractivity contribution in [1.82, 2.24) is 0 Å². The number of allylic oxidation sites excluding steroid dienone is 1. The molecule has 0 saturated heterocycles. The largest absolute Gasteiger partial charge is 0.207 e. The van der Waals surface area contributed by atoms with Gasteiger partial charge in [-0.25, -0.2) is 4.39 Å². The highest BCUT2D eigenvalue weighted by atomic mass is 19.1. The summed E-state index contributed by atoms with van der Waals surface area (Å²) < 4.78 is 14.3. The molecule has 0 N–H and O–H groups in total. The maximum atomic E-state index is 14.3. The second kappa shape index (κ2) is 10.4. The van der Waals surface area contributed by atoms with Crippen LogP contribution in [0.15, 0.2) is 79.4 Å². The first-order chi connectivity index (χ1) is 14.2. The van der Waals surface area contributed by atoms with Gasteiger partial charge < -0.3 is 0 Å². The quantitative estimate of drug-likeness (QED) is 0.296. The number of hydrogen-bond donors (Lipinski definition) is 0. The second-order valence-electron chi connectivity index (χ2n) is 7.26. The summed E-state index contributed by atoms with van der Waals surface area (Å²) >= 11 is 0. The third kappa shape index (κ3) is 5.93. The third-order valence-electron chi connectivity index (χ3n) is 5.01. The molecule has 0 atom stereocenters. The van der Waals surface area contributed by atoms with Crippen LogP contribution >= 0.6 is 0 Å². The van der Waals surface area contributed by atoms with Gasteiger partial charge in [-0.15, -0.1) is 6.58 Å². The first kappa shape index (κ1) is 20.6. The molecular weight excluding hydrogens is 355 g/mol. The van der Waals surface area contributed by atoms with Crippen molar-refractivity contribution < 1.29 is 4.39 Å². The molecule has 0 aliphatic carbocycles. The van der Waals surface area contributed by atoms with Crippen molar-refractivity contribution in [3.63, 3.8) is 0 Å². The smallest absolute Gasteiger partial charge is 0.127 e. The van der Waals surface area contributed by atoms with Gasteiger partial charge in [-0.05, 0) is 78.3 Å². The van der Waals surface area contributed by atoms with Crippen LogP contribution in [0.1, 0.15) is 48.4 Å². The number of unbranched alkanes of at least 4 members (excludes halogenated alkanes) is 1. The number of halogens is 1. The van der Waals surface area contributed by atoms with Gasteiger partial charge in [0.25, 0.3) is 0 Å². The Labute approximate surface area is 174 Å². The van der Waals surface area contributed by atoms with E-state index < -0.39 is 0 Å². The van der Waals surface area contributed by atoms with Crippen molar-refractivity contribution in [2.24, 2.45) is 0 Å². The van der Waals surface area contributed by atoms with Gasteiger partial charge in [0.2, 0.25) is 0 Å². The van der Waals surface area contributed by atoms with E-state index in [9.17, 15) is 4.39 Å². The molecule has 0 aliphatic heterocycles. The van der Waals surface area contributed by atoms with Crippen LogP contribution in [0.2, 0.25) is 0 Å². The minimum atomic E-state index is -0.114. The molecule has 3 aromatic carbocycles. The predicted octanol–water partition coefficient (Wildman–Crippen LogP) is 7.35. The zero-order valence-corrected chi connectivity index (χ0v) is 17.0. The molecule has 0 saturated carbocycles. The lowest BCUT2D eigenvalue weighted by Gasteiger charge is -2.06. The fourth-order valence-corrected chi connectivity index (χ4v) is 3.21. The van der Waals surface area contributed by atoms with Crippen LogP contribution in [-0.2, 0) is 12.8 Å². The van der Waals surface area contributed by atoms with Crippen molar-refractivity contribution in [2.45, 2.75) is 39.0 Å². The van der Waals surface area contributed by atoms with Crippen molar-refractivity contribution in [3.8, 4) is 23.0 Å². The topological polar surface area (TPSA) is 0 Å². The average Bonchev–Trinajstić information content (AvgIpc) is 2.76. The SMILES string of the molecule is C=CCCc1ccc(C#Cc2ccc(-c3ccc(CCCC)c(F)c3)cc2)cc1. The van der Waals surface area contributed by atoms with Gasteiger partial charge in [-0.2, -0.15) is 0 Å². The average molecular weight is 383 g/mol. The predicted molar refractivity (Wildman–Crippen MR) is 121 cm³/mol. The number of rotatable bonds is 7. The van der Waals surface area contributed by atoms with Crippen LogP contribution in [-0.4, -0.2) is 0 Å². The summed E-state index contributed by atoms with van der Waals surface area (Å²) in [6.45, 7) is 5.88. The van der Waals surface area contributed by atoms with Crippen LogP contribution in [0.25, 0.3) is 11.1 Å². The lowest BCUT2D eigenvalue weighted by atomic mass is 10.00. The molecule has 3 aromatic rings. The van der Waals surface area contributed by atoms with Gasteiger partial charge in [0, 0.05) is 11.1 Å². The molecule has 0 bridgehead atoms. The second-order valence-corrected chi connectivity index (χ2v) is 7.26. The van der Waals surface area contributed by atoms with Crippen LogP contribution in [0.5, 0.6) is 0 Å². The highest BCUT2D eigenvalue weighted by molar-refractivity contribution is 5.65. The summed E-state index contributed by atoms with van der Waals surface area (Å²) in [6.07, 6.45) is 6.82. The molecule has 0 unspecified atom stereocenters. The molecule has 0 spiro atoms. The minimum Gasteiger partial charge on any atom is -0.207 e. The van der Waals surface area contributed by atoms with E-state index in [0.717, 1.165) is 59.9 Å². The van der Waals surface area contributed by atoms with E-state index in [-0.39, 0.29) is 5.82 Å². The molecular formula is C28H27F. The Morgan fingerprint density at radius 2 is 1.45 bits per heavy atom. The Morgan fingerprint density at radius 1 is 0.828 bits per heavy atom. The summed E-state index contributed by atoms with van der Waals surface area (Å²) in [5, 5.41) is 0. The molecule has 146 valence electrons. The van der Waals surface area contributed by atoms with E-state index in [4.69, 9.17) is 0 Å². The van der Waals surface area contributed by atoms with Crippen LogP contribution < -0.4 is 0 Å². The van der Waals surface area contributed by atoms with E-state index in [1.807, 2.05) is 42.5 Å². The van der Waals surface area contributed by atoms with E-state index >= 15 is 0 Å². The molecule has 0 aliphatic rings. The third-order valence-corrected chi connectivity index (χ3v) is 5.01. The molecule has 3 rings (SSSR count). The Hall–Kier alpha value is -3.11. The molecule has 0 aromatic heterocycles. The standard InChI is InChI=1S/C28H27F/c1-3-5-7-22-9-11-23(12-10-22)13-14-24-15-17-25(18-16-24)27-20-19-26(8-6-4-2)28(29)21-27/h3,9-12,15-21H,1,4-8H2,2H3. The summed E-state index contributed by atoms with van der Waals surface area (Å²) in [7, 11) is 0. The zero-order valence-electron chi connectivity index (χ0n) is 17.0. The normalized spacial score (nSPS) is 10.3. The van der Waals surface area contributed by atoms with Gasteiger partial charge in [0.1, 0.15) is 5.82 Å². The Bertz CT molecular complexity index is 999. The first-order valence-corrected chi connectivity index (χ1v) is 10.3. The maximum Gasteiger partial charge on any atom is 0.127 e. The summed E-state index contributed by atoms with van der Waals surface area (Å²) in [4.78, 5) is 0. The Kier molecular flexibility index (Phi) is 7.42. The van der Waals surface area contributed by atoms with Crippen LogP contribution in [0.3, 0.4) is 0 Å². The summed E-state index contributed by atoms with van der Waals surface area (Å²) in [5.74, 6) is 6.30. The van der Waals surface area contributed by atoms with Gasteiger partial charge in [-0.3, -0.25) is 0 Å². The van der Waals surface area contributed by atoms with E-state index in [0.29, 0.717) is 0 Å². The first-order valence-electron chi connectivity index (χ1n) is 10.3. The fraction of sp³-hybridized carbons (Fsp3) is 0.214. The van der Waals surface area contributed by atoms with Crippen molar-refractivity contribution in [2.75, 3.05) is 0 Å². The highest BCUT2D eigenvalue weighted by Crippen LogP contribution is 2.23. The van der Waals surface area contributed by atoms with Gasteiger partial charge >= 0.3 is 0 Å². The molecule has 1 heteroatoms. The van der Waals surface area contributed by atoms with E-state index in [1.165, 1.54) is 5.56 Å². The molecule has 0 radical (unpaired) electrons. The highest BCUT2D eigenvalue weighted by Gasteiger charge is 2.05. The van der Waals surface area contributed by atoms with Crippen molar-refractivity contribution >= 4 is 0 Å². The molecule has 0 amide bonds. The van der Waals surface area contributed by atoms with Crippen LogP contribution in [0.4, 0.5) is 4.39 Å². The van der Waals surface area contributed by atoms with Gasteiger partial charge in [-0.1, -0.05) is 67.7 Å². The molecule has 0 nitrogen and oxygen atoms in total. The van der Waals surface area contributed by atoms with E-state index in [2.05, 4.69) is 49.6 Å². The molecule has 0 fully saturated rings. The lowest BCUT2D eigenvalue weighted by Crippen LogP contribution is -1.91. The monoisotopic (exact) mass is 382 g/mol. The van der Waals surface area contributed by atoms with E-state index in [1.54, 1.807) is 6.07 Å².